The fraction of sp³-hybridized carbons (Fsp3) is 0.0952. The van der Waals surface area contributed by atoms with Crippen molar-refractivity contribution >= 4 is 33.2 Å². The maximum absolute atomic E-state index is 12.1. The number of carbonyl (C=O) groups is 1. The minimum atomic E-state index is -0.120. The van der Waals surface area contributed by atoms with Gasteiger partial charge in [0.05, 0.1) is 6.54 Å². The summed E-state index contributed by atoms with van der Waals surface area (Å²) in [5.74, 6) is 0.594. The first kappa shape index (κ1) is 18.0. The first-order chi connectivity index (χ1) is 12.7. The number of amides is 1. The SMILES string of the molecule is O=C(CNc1cccc(Br)c1)Nc1cccc(OCc2ccccc2)c1. The van der Waals surface area contributed by atoms with Crippen LogP contribution < -0.4 is 15.4 Å². The van der Waals surface area contributed by atoms with Gasteiger partial charge in [0.15, 0.2) is 0 Å². The van der Waals surface area contributed by atoms with E-state index in [0.29, 0.717) is 18.0 Å². The van der Waals surface area contributed by atoms with Crippen LogP contribution >= 0.6 is 15.9 Å². The molecule has 0 saturated heterocycles. The van der Waals surface area contributed by atoms with Gasteiger partial charge in [-0.1, -0.05) is 58.4 Å². The second-order valence-electron chi connectivity index (χ2n) is 5.71. The molecule has 3 rings (SSSR count). The van der Waals surface area contributed by atoms with Crippen molar-refractivity contribution in [1.82, 2.24) is 0 Å². The van der Waals surface area contributed by atoms with Crippen LogP contribution in [0.25, 0.3) is 0 Å². The molecule has 3 aromatic carbocycles. The normalized spacial score (nSPS) is 10.2. The van der Waals surface area contributed by atoms with Gasteiger partial charge in [-0.25, -0.2) is 0 Å². The maximum Gasteiger partial charge on any atom is 0.243 e. The molecule has 0 atom stereocenters. The molecule has 0 heterocycles. The molecule has 0 radical (unpaired) electrons. The lowest BCUT2D eigenvalue weighted by Gasteiger charge is -2.10. The van der Waals surface area contributed by atoms with Gasteiger partial charge < -0.3 is 15.4 Å². The van der Waals surface area contributed by atoms with E-state index in [-0.39, 0.29) is 12.5 Å². The zero-order valence-electron chi connectivity index (χ0n) is 14.1. The van der Waals surface area contributed by atoms with E-state index in [1.54, 1.807) is 0 Å². The van der Waals surface area contributed by atoms with Crippen LogP contribution in [0, 0.1) is 0 Å². The monoisotopic (exact) mass is 410 g/mol. The molecule has 1 amide bonds. The molecule has 0 aliphatic rings. The summed E-state index contributed by atoms with van der Waals surface area (Å²) in [6.45, 7) is 0.675. The first-order valence-corrected chi connectivity index (χ1v) is 9.04. The zero-order valence-corrected chi connectivity index (χ0v) is 15.7. The van der Waals surface area contributed by atoms with E-state index in [9.17, 15) is 4.79 Å². The van der Waals surface area contributed by atoms with Gasteiger partial charge in [0.25, 0.3) is 0 Å². The number of hydrogen-bond donors (Lipinski definition) is 2. The van der Waals surface area contributed by atoms with Crippen molar-refractivity contribution in [2.75, 3.05) is 17.2 Å². The van der Waals surface area contributed by atoms with E-state index < -0.39 is 0 Å². The Bertz CT molecular complexity index is 869. The van der Waals surface area contributed by atoms with Crippen LogP contribution in [0.4, 0.5) is 11.4 Å². The largest absolute Gasteiger partial charge is 0.489 e. The lowest BCUT2D eigenvalue weighted by atomic mass is 10.2. The average molecular weight is 411 g/mol. The summed E-state index contributed by atoms with van der Waals surface area (Å²) < 4.78 is 6.75. The number of anilines is 2. The Morgan fingerprint density at radius 2 is 1.65 bits per heavy atom. The number of hydrogen-bond acceptors (Lipinski definition) is 3. The Balaban J connectivity index is 1.52. The van der Waals surface area contributed by atoms with Gasteiger partial charge in [0.2, 0.25) is 5.91 Å². The molecule has 0 saturated carbocycles. The highest BCUT2D eigenvalue weighted by Gasteiger charge is 2.04. The molecule has 0 aliphatic heterocycles. The average Bonchev–Trinajstić information content (AvgIpc) is 2.66. The highest BCUT2D eigenvalue weighted by molar-refractivity contribution is 9.10. The van der Waals surface area contributed by atoms with Crippen LogP contribution in [0.1, 0.15) is 5.56 Å². The fourth-order valence-electron chi connectivity index (χ4n) is 2.39. The smallest absolute Gasteiger partial charge is 0.243 e. The van der Waals surface area contributed by atoms with Crippen molar-refractivity contribution in [1.29, 1.82) is 0 Å². The fourth-order valence-corrected chi connectivity index (χ4v) is 2.79. The third kappa shape index (κ3) is 5.63. The number of halogens is 1. The van der Waals surface area contributed by atoms with Crippen LogP contribution in [0.5, 0.6) is 5.75 Å². The molecular weight excluding hydrogens is 392 g/mol. The van der Waals surface area contributed by atoms with Gasteiger partial charge in [-0.15, -0.1) is 0 Å². The van der Waals surface area contributed by atoms with Crippen molar-refractivity contribution in [3.05, 3.63) is 88.9 Å². The lowest BCUT2D eigenvalue weighted by Crippen LogP contribution is -2.21. The third-order valence-corrected chi connectivity index (χ3v) is 4.14. The minimum absolute atomic E-state index is 0.120. The molecule has 132 valence electrons. The molecular formula is C21H19BrN2O2. The second kappa shape index (κ2) is 9.06. The third-order valence-electron chi connectivity index (χ3n) is 3.64. The minimum Gasteiger partial charge on any atom is -0.489 e. The van der Waals surface area contributed by atoms with Crippen LogP contribution in [0.15, 0.2) is 83.3 Å². The first-order valence-electron chi connectivity index (χ1n) is 8.25. The molecule has 0 bridgehead atoms. The van der Waals surface area contributed by atoms with E-state index in [4.69, 9.17) is 4.74 Å². The molecule has 26 heavy (non-hydrogen) atoms. The van der Waals surface area contributed by atoms with Crippen LogP contribution in [0.2, 0.25) is 0 Å². The summed E-state index contributed by atoms with van der Waals surface area (Å²) in [7, 11) is 0. The Morgan fingerprint density at radius 3 is 2.46 bits per heavy atom. The molecule has 0 unspecified atom stereocenters. The Hall–Kier alpha value is -2.79. The highest BCUT2D eigenvalue weighted by Crippen LogP contribution is 2.19. The van der Waals surface area contributed by atoms with E-state index in [1.807, 2.05) is 78.9 Å². The van der Waals surface area contributed by atoms with E-state index in [2.05, 4.69) is 26.6 Å². The molecule has 0 fully saturated rings. The zero-order chi connectivity index (χ0) is 18.2. The topological polar surface area (TPSA) is 50.4 Å². The van der Waals surface area contributed by atoms with Gasteiger partial charge in [0.1, 0.15) is 12.4 Å². The summed E-state index contributed by atoms with van der Waals surface area (Å²) in [6.07, 6.45) is 0. The van der Waals surface area contributed by atoms with E-state index >= 15 is 0 Å². The molecule has 3 aromatic rings. The predicted molar refractivity (Wildman–Crippen MR) is 108 cm³/mol. The molecule has 0 spiro atoms. The number of ether oxygens (including phenoxy) is 1. The van der Waals surface area contributed by atoms with Crippen LogP contribution in [-0.2, 0) is 11.4 Å². The number of benzene rings is 3. The highest BCUT2D eigenvalue weighted by atomic mass is 79.9. The number of carbonyl (C=O) groups excluding carboxylic acids is 1. The quantitative estimate of drug-likeness (QED) is 0.570. The maximum atomic E-state index is 12.1. The van der Waals surface area contributed by atoms with Gasteiger partial charge in [-0.3, -0.25) is 4.79 Å². The van der Waals surface area contributed by atoms with Crippen molar-refractivity contribution in [3.63, 3.8) is 0 Å². The van der Waals surface area contributed by atoms with Gasteiger partial charge in [-0.05, 0) is 35.9 Å². The van der Waals surface area contributed by atoms with Crippen molar-refractivity contribution < 1.29 is 9.53 Å². The number of nitrogens with one attached hydrogen (secondary N) is 2. The van der Waals surface area contributed by atoms with Gasteiger partial charge in [0, 0.05) is 21.9 Å². The number of rotatable bonds is 7. The van der Waals surface area contributed by atoms with Crippen LogP contribution in [0.3, 0.4) is 0 Å². The summed E-state index contributed by atoms with van der Waals surface area (Å²) in [6, 6.07) is 25.0. The summed E-state index contributed by atoms with van der Waals surface area (Å²) in [4.78, 5) is 12.1. The molecule has 0 aromatic heterocycles. The van der Waals surface area contributed by atoms with E-state index in [0.717, 1.165) is 15.7 Å². The van der Waals surface area contributed by atoms with Gasteiger partial charge in [-0.2, -0.15) is 0 Å². The Kier molecular flexibility index (Phi) is 6.28. The molecule has 0 aliphatic carbocycles. The summed E-state index contributed by atoms with van der Waals surface area (Å²) in [5, 5.41) is 5.97. The lowest BCUT2D eigenvalue weighted by molar-refractivity contribution is -0.114. The van der Waals surface area contributed by atoms with Gasteiger partial charge >= 0.3 is 0 Å². The molecule has 4 nitrogen and oxygen atoms in total. The Labute approximate surface area is 161 Å². The summed E-state index contributed by atoms with van der Waals surface area (Å²) in [5.41, 5.74) is 2.69. The van der Waals surface area contributed by atoms with Crippen molar-refractivity contribution in [3.8, 4) is 5.75 Å². The van der Waals surface area contributed by atoms with E-state index in [1.165, 1.54) is 0 Å². The standard InChI is InChI=1S/C21H19BrN2O2/c22-17-8-4-9-18(12-17)23-14-21(25)24-19-10-5-11-20(13-19)26-15-16-6-2-1-3-7-16/h1-13,23H,14-15H2,(H,24,25). The molecule has 2 N–H and O–H groups in total. The Morgan fingerprint density at radius 1 is 0.885 bits per heavy atom. The van der Waals surface area contributed by atoms with Crippen LogP contribution in [-0.4, -0.2) is 12.5 Å². The van der Waals surface area contributed by atoms with Crippen molar-refractivity contribution in [2.45, 2.75) is 6.61 Å². The summed E-state index contributed by atoms with van der Waals surface area (Å²) >= 11 is 3.41. The second-order valence-corrected chi connectivity index (χ2v) is 6.63. The molecule has 5 heteroatoms. The predicted octanol–water partition coefficient (Wildman–Crippen LogP) is 5.08. The van der Waals surface area contributed by atoms with Crippen molar-refractivity contribution in [2.24, 2.45) is 0 Å².